The van der Waals surface area contributed by atoms with Gasteiger partial charge in [0.25, 0.3) is 5.91 Å². The largest absolute Gasteiger partial charge is 0.382 e. The molecule has 7 heteroatoms. The number of anilines is 3. The van der Waals surface area contributed by atoms with E-state index >= 15 is 0 Å². The number of rotatable bonds is 5. The number of carbonyl (C=O) groups is 1. The van der Waals surface area contributed by atoms with Gasteiger partial charge in [-0.25, -0.2) is 4.98 Å². The second-order valence-corrected chi connectivity index (χ2v) is 5.30. The Bertz CT molecular complexity index is 611. The summed E-state index contributed by atoms with van der Waals surface area (Å²) in [6, 6.07) is 1.83. The van der Waals surface area contributed by atoms with Gasteiger partial charge in [0.05, 0.1) is 11.9 Å². The van der Waals surface area contributed by atoms with Crippen LogP contribution in [0.1, 0.15) is 28.6 Å². The van der Waals surface area contributed by atoms with Crippen LogP contribution in [0, 0.1) is 6.92 Å². The fraction of sp³-hybridized carbons (Fsp3) is 0.308. The first kappa shape index (κ1) is 14.3. The van der Waals surface area contributed by atoms with Crippen molar-refractivity contribution in [3.63, 3.8) is 0 Å². The van der Waals surface area contributed by atoms with Crippen LogP contribution in [-0.2, 0) is 0 Å². The Hall–Kier alpha value is -2.15. The fourth-order valence-corrected chi connectivity index (χ4v) is 2.38. The first-order valence-electron chi connectivity index (χ1n) is 6.34. The van der Waals surface area contributed by atoms with E-state index in [-0.39, 0.29) is 11.7 Å². The van der Waals surface area contributed by atoms with Gasteiger partial charge in [-0.2, -0.15) is 0 Å². The van der Waals surface area contributed by atoms with Crippen LogP contribution in [0.25, 0.3) is 0 Å². The van der Waals surface area contributed by atoms with Gasteiger partial charge in [0.2, 0.25) is 0 Å². The molecule has 0 aliphatic heterocycles. The van der Waals surface area contributed by atoms with Crippen molar-refractivity contribution in [1.29, 1.82) is 0 Å². The Morgan fingerprint density at radius 2 is 2.30 bits per heavy atom. The molecule has 0 fully saturated rings. The summed E-state index contributed by atoms with van der Waals surface area (Å²) >= 11 is 1.25. The zero-order valence-corrected chi connectivity index (χ0v) is 12.3. The van der Waals surface area contributed by atoms with Crippen molar-refractivity contribution in [3.05, 3.63) is 28.9 Å². The molecule has 0 saturated carbocycles. The Morgan fingerprint density at radius 3 is 3.00 bits per heavy atom. The lowest BCUT2D eigenvalue weighted by Gasteiger charge is -2.05. The molecule has 0 aromatic carbocycles. The van der Waals surface area contributed by atoms with Gasteiger partial charge in [-0.3, -0.25) is 9.78 Å². The van der Waals surface area contributed by atoms with Gasteiger partial charge >= 0.3 is 0 Å². The van der Waals surface area contributed by atoms with Crippen LogP contribution in [0.2, 0.25) is 0 Å². The Balaban J connectivity index is 2.13. The van der Waals surface area contributed by atoms with E-state index in [0.29, 0.717) is 15.7 Å². The van der Waals surface area contributed by atoms with Crippen LogP contribution in [-0.4, -0.2) is 22.4 Å². The highest BCUT2D eigenvalue weighted by Crippen LogP contribution is 2.26. The number of aromatic nitrogens is 2. The van der Waals surface area contributed by atoms with Crippen molar-refractivity contribution in [2.45, 2.75) is 20.3 Å². The van der Waals surface area contributed by atoms with Crippen LogP contribution in [0.3, 0.4) is 0 Å². The number of hydrogen-bond donors (Lipinski definition) is 3. The predicted octanol–water partition coefficient (Wildman–Crippen LogP) is 2.50. The second kappa shape index (κ2) is 6.33. The summed E-state index contributed by atoms with van der Waals surface area (Å²) < 4.78 is 0. The highest BCUT2D eigenvalue weighted by molar-refractivity contribution is 7.18. The molecular formula is C13H17N5OS. The van der Waals surface area contributed by atoms with E-state index in [9.17, 15) is 4.79 Å². The standard InChI is InChI=1S/C13H17N5OS/c1-3-5-16-13-18-11(14)10(20-13)12(19)17-9-7-15-6-4-8(9)2/h4,6-7H,3,5,14H2,1-2H3,(H,16,18)(H,17,19). The zero-order chi connectivity index (χ0) is 14.5. The van der Waals surface area contributed by atoms with Crippen LogP contribution < -0.4 is 16.4 Å². The number of pyridine rings is 1. The lowest BCUT2D eigenvalue weighted by molar-refractivity contribution is 0.103. The molecule has 0 spiro atoms. The Kier molecular flexibility index (Phi) is 4.52. The van der Waals surface area contributed by atoms with Crippen LogP contribution in [0.5, 0.6) is 0 Å². The maximum absolute atomic E-state index is 12.2. The van der Waals surface area contributed by atoms with Crippen LogP contribution >= 0.6 is 11.3 Å². The van der Waals surface area contributed by atoms with E-state index in [0.717, 1.165) is 18.5 Å². The van der Waals surface area contributed by atoms with Crippen molar-refractivity contribution in [1.82, 2.24) is 9.97 Å². The quantitative estimate of drug-likeness (QED) is 0.787. The van der Waals surface area contributed by atoms with Crippen molar-refractivity contribution < 1.29 is 4.79 Å². The van der Waals surface area contributed by atoms with Gasteiger partial charge in [0.15, 0.2) is 5.13 Å². The summed E-state index contributed by atoms with van der Waals surface area (Å²) in [7, 11) is 0. The third-order valence-electron chi connectivity index (χ3n) is 2.67. The van der Waals surface area contributed by atoms with Gasteiger partial charge in [0.1, 0.15) is 10.7 Å². The first-order chi connectivity index (χ1) is 9.61. The fourth-order valence-electron chi connectivity index (χ4n) is 1.58. The molecule has 20 heavy (non-hydrogen) atoms. The second-order valence-electron chi connectivity index (χ2n) is 4.30. The normalized spacial score (nSPS) is 10.3. The molecule has 0 aliphatic rings. The minimum Gasteiger partial charge on any atom is -0.382 e. The number of carbonyl (C=O) groups excluding carboxylic acids is 1. The van der Waals surface area contributed by atoms with Gasteiger partial charge < -0.3 is 16.4 Å². The third-order valence-corrected chi connectivity index (χ3v) is 3.70. The predicted molar refractivity (Wildman–Crippen MR) is 82.2 cm³/mol. The average Bonchev–Trinajstić information content (AvgIpc) is 2.80. The molecule has 0 unspecified atom stereocenters. The molecular weight excluding hydrogens is 274 g/mol. The summed E-state index contributed by atoms with van der Waals surface area (Å²) in [6.07, 6.45) is 4.27. The van der Waals surface area contributed by atoms with E-state index in [2.05, 4.69) is 27.5 Å². The molecule has 2 rings (SSSR count). The van der Waals surface area contributed by atoms with Crippen molar-refractivity contribution >= 4 is 33.9 Å². The first-order valence-corrected chi connectivity index (χ1v) is 7.15. The molecule has 2 heterocycles. The van der Waals surface area contributed by atoms with Crippen molar-refractivity contribution in [3.8, 4) is 0 Å². The molecule has 0 aliphatic carbocycles. The number of thiazole rings is 1. The molecule has 106 valence electrons. The molecule has 4 N–H and O–H groups in total. The summed E-state index contributed by atoms with van der Waals surface area (Å²) in [5.41, 5.74) is 7.41. The maximum Gasteiger partial charge on any atom is 0.269 e. The van der Waals surface area contributed by atoms with E-state index < -0.39 is 0 Å². The number of nitrogens with two attached hydrogens (primary N) is 1. The van der Waals surface area contributed by atoms with E-state index in [4.69, 9.17) is 5.73 Å². The highest BCUT2D eigenvalue weighted by Gasteiger charge is 2.16. The zero-order valence-electron chi connectivity index (χ0n) is 11.4. The lowest BCUT2D eigenvalue weighted by Crippen LogP contribution is -2.13. The summed E-state index contributed by atoms with van der Waals surface area (Å²) in [5.74, 6) is -0.0201. The molecule has 1 amide bonds. The highest BCUT2D eigenvalue weighted by atomic mass is 32.1. The Labute approximate surface area is 121 Å². The summed E-state index contributed by atoms with van der Waals surface area (Å²) in [5, 5.41) is 6.58. The molecule has 0 bridgehead atoms. The molecule has 0 radical (unpaired) electrons. The summed E-state index contributed by atoms with van der Waals surface area (Å²) in [4.78, 5) is 20.7. The van der Waals surface area contributed by atoms with Gasteiger partial charge in [-0.15, -0.1) is 0 Å². The average molecular weight is 291 g/mol. The number of aryl methyl sites for hydroxylation is 1. The van der Waals surface area contributed by atoms with Gasteiger partial charge in [0, 0.05) is 12.7 Å². The molecule has 0 saturated heterocycles. The number of nitrogens with zero attached hydrogens (tertiary/aromatic N) is 2. The SMILES string of the molecule is CCCNc1nc(N)c(C(=O)Nc2cnccc2C)s1. The summed E-state index contributed by atoms with van der Waals surface area (Å²) in [6.45, 7) is 4.76. The maximum atomic E-state index is 12.2. The minimum absolute atomic E-state index is 0.243. The van der Waals surface area contributed by atoms with Crippen LogP contribution in [0.4, 0.5) is 16.6 Å². The minimum atomic E-state index is -0.263. The van der Waals surface area contributed by atoms with E-state index in [1.54, 1.807) is 12.4 Å². The van der Waals surface area contributed by atoms with Crippen molar-refractivity contribution in [2.75, 3.05) is 22.9 Å². The smallest absolute Gasteiger partial charge is 0.269 e. The monoisotopic (exact) mass is 291 g/mol. The number of nitrogen functional groups attached to an aromatic ring is 1. The lowest BCUT2D eigenvalue weighted by atomic mass is 10.2. The van der Waals surface area contributed by atoms with Gasteiger partial charge in [-0.1, -0.05) is 18.3 Å². The van der Waals surface area contributed by atoms with Gasteiger partial charge in [-0.05, 0) is 25.0 Å². The van der Waals surface area contributed by atoms with Crippen LogP contribution in [0.15, 0.2) is 18.5 Å². The molecule has 2 aromatic heterocycles. The Morgan fingerprint density at radius 1 is 1.50 bits per heavy atom. The van der Waals surface area contributed by atoms with Crippen molar-refractivity contribution in [2.24, 2.45) is 0 Å². The number of amides is 1. The number of nitrogens with one attached hydrogen (secondary N) is 2. The molecule has 2 aromatic rings. The van der Waals surface area contributed by atoms with E-state index in [1.807, 2.05) is 13.0 Å². The third kappa shape index (κ3) is 3.24. The molecule has 0 atom stereocenters. The topological polar surface area (TPSA) is 92.9 Å². The van der Waals surface area contributed by atoms with E-state index in [1.165, 1.54) is 11.3 Å². The molecule has 6 nitrogen and oxygen atoms in total. The number of hydrogen-bond acceptors (Lipinski definition) is 6.